The lowest BCUT2D eigenvalue weighted by Gasteiger charge is -2.30. The molecule has 150 valence electrons. The van der Waals surface area contributed by atoms with Crippen LogP contribution in [0, 0.1) is 5.92 Å². The van der Waals surface area contributed by atoms with Crippen molar-refractivity contribution in [2.24, 2.45) is 5.92 Å². The number of nitrogens with one attached hydrogen (secondary N) is 1. The van der Waals surface area contributed by atoms with Crippen LogP contribution < -0.4 is 5.32 Å². The van der Waals surface area contributed by atoms with Crippen molar-refractivity contribution in [1.82, 2.24) is 9.62 Å². The molecule has 0 heterocycles. The van der Waals surface area contributed by atoms with Crippen LogP contribution in [0.2, 0.25) is 0 Å². The quantitative estimate of drug-likeness (QED) is 0.744. The van der Waals surface area contributed by atoms with Crippen LogP contribution in [0.25, 0.3) is 0 Å². The van der Waals surface area contributed by atoms with Crippen molar-refractivity contribution in [3.8, 4) is 0 Å². The van der Waals surface area contributed by atoms with E-state index in [4.69, 9.17) is 4.74 Å². The second-order valence-electron chi connectivity index (χ2n) is 7.24. The number of carbonyl (C=O) groups is 2. The summed E-state index contributed by atoms with van der Waals surface area (Å²) in [6.45, 7) is 3.65. The number of rotatable bonds is 6. The Bertz CT molecular complexity index is 774. The van der Waals surface area contributed by atoms with Crippen LogP contribution in [-0.4, -0.2) is 50.8 Å². The summed E-state index contributed by atoms with van der Waals surface area (Å²) in [4.78, 5) is 24.6. The summed E-state index contributed by atoms with van der Waals surface area (Å²) in [5, 5.41) is 2.97. The third-order valence-corrected chi connectivity index (χ3v) is 6.79. The van der Waals surface area contributed by atoms with Gasteiger partial charge in [0.15, 0.2) is 6.10 Å². The minimum absolute atomic E-state index is 0.0844. The fraction of sp³-hybridized carbons (Fsp3) is 0.579. The third kappa shape index (κ3) is 5.29. The molecule has 1 aromatic carbocycles. The number of nitrogens with zero attached hydrogens (tertiary/aromatic N) is 1. The molecule has 1 amide bonds. The number of ether oxygens (including phenoxy) is 1. The highest BCUT2D eigenvalue weighted by atomic mass is 32.2. The molecule has 1 aromatic rings. The maximum Gasteiger partial charge on any atom is 0.338 e. The molecule has 8 heteroatoms. The molecular weight excluding hydrogens is 368 g/mol. The predicted octanol–water partition coefficient (Wildman–Crippen LogP) is 2.18. The van der Waals surface area contributed by atoms with Gasteiger partial charge in [-0.1, -0.05) is 19.8 Å². The number of esters is 1. The van der Waals surface area contributed by atoms with E-state index in [2.05, 4.69) is 12.2 Å². The van der Waals surface area contributed by atoms with Gasteiger partial charge in [-0.25, -0.2) is 17.5 Å². The summed E-state index contributed by atoms with van der Waals surface area (Å²) in [6, 6.07) is 5.57. The summed E-state index contributed by atoms with van der Waals surface area (Å²) in [6.07, 6.45) is 3.37. The van der Waals surface area contributed by atoms with E-state index in [-0.39, 0.29) is 22.4 Å². The van der Waals surface area contributed by atoms with Gasteiger partial charge in [0.25, 0.3) is 5.91 Å². The first-order valence-corrected chi connectivity index (χ1v) is 10.6. The first-order valence-electron chi connectivity index (χ1n) is 9.17. The topological polar surface area (TPSA) is 92.8 Å². The summed E-state index contributed by atoms with van der Waals surface area (Å²) in [7, 11) is -0.689. The lowest BCUT2D eigenvalue weighted by Crippen LogP contribution is -2.45. The molecule has 0 unspecified atom stereocenters. The van der Waals surface area contributed by atoms with E-state index in [1.807, 2.05) is 0 Å². The fourth-order valence-corrected chi connectivity index (χ4v) is 3.99. The van der Waals surface area contributed by atoms with Gasteiger partial charge in [0.05, 0.1) is 10.5 Å². The Kier molecular flexibility index (Phi) is 7.00. The molecule has 1 fully saturated rings. The molecule has 1 N–H and O–H groups in total. The van der Waals surface area contributed by atoms with E-state index in [0.717, 1.165) is 23.6 Å². The zero-order valence-corrected chi connectivity index (χ0v) is 17.1. The molecular formula is C19H28N2O5S. The second kappa shape index (κ2) is 8.84. The highest BCUT2D eigenvalue weighted by Crippen LogP contribution is 2.24. The van der Waals surface area contributed by atoms with Crippen LogP contribution >= 0.6 is 0 Å². The monoisotopic (exact) mass is 396 g/mol. The molecule has 0 radical (unpaired) electrons. The molecule has 7 nitrogen and oxygen atoms in total. The molecule has 0 saturated heterocycles. The van der Waals surface area contributed by atoms with Crippen molar-refractivity contribution in [3.63, 3.8) is 0 Å². The molecule has 0 spiro atoms. The zero-order valence-electron chi connectivity index (χ0n) is 16.3. The number of hydrogen-bond acceptors (Lipinski definition) is 5. The Morgan fingerprint density at radius 1 is 1.15 bits per heavy atom. The molecule has 0 aromatic heterocycles. The summed E-state index contributed by atoms with van der Waals surface area (Å²) >= 11 is 0. The van der Waals surface area contributed by atoms with Crippen LogP contribution in [-0.2, 0) is 19.6 Å². The van der Waals surface area contributed by atoms with Gasteiger partial charge in [-0.05, 0) is 49.9 Å². The molecule has 2 rings (SSSR count). The summed E-state index contributed by atoms with van der Waals surface area (Å²) in [5.74, 6) is -0.561. The van der Waals surface area contributed by atoms with Gasteiger partial charge in [-0.3, -0.25) is 4.79 Å². The smallest absolute Gasteiger partial charge is 0.338 e. The molecule has 1 saturated carbocycles. The lowest BCUT2D eigenvalue weighted by molar-refractivity contribution is -0.130. The molecule has 3 atom stereocenters. The van der Waals surface area contributed by atoms with E-state index in [0.29, 0.717) is 5.92 Å². The first-order chi connectivity index (χ1) is 12.6. The maximum atomic E-state index is 12.3. The minimum Gasteiger partial charge on any atom is -0.449 e. The normalized spacial score (nSPS) is 21.5. The van der Waals surface area contributed by atoms with Crippen molar-refractivity contribution in [1.29, 1.82) is 0 Å². The highest BCUT2D eigenvalue weighted by Gasteiger charge is 2.26. The standard InChI is InChI=1S/C19H28N2O5S/c1-13-7-5-6-8-17(13)20-18(22)14(2)26-19(23)15-9-11-16(12-10-15)27(24,25)21(3)4/h9-14,17H,5-8H2,1-4H3,(H,20,22)/t13-,14+,17+/m0/s1. The van der Waals surface area contributed by atoms with Gasteiger partial charge in [0.1, 0.15) is 0 Å². The van der Waals surface area contributed by atoms with E-state index < -0.39 is 22.1 Å². The number of sulfonamides is 1. The van der Waals surface area contributed by atoms with Crippen molar-refractivity contribution < 1.29 is 22.7 Å². The van der Waals surface area contributed by atoms with E-state index >= 15 is 0 Å². The minimum atomic E-state index is -3.56. The number of amides is 1. The van der Waals surface area contributed by atoms with Gasteiger partial charge in [-0.2, -0.15) is 0 Å². The summed E-state index contributed by atoms with van der Waals surface area (Å²) in [5.41, 5.74) is 0.193. The van der Waals surface area contributed by atoms with E-state index in [9.17, 15) is 18.0 Å². The van der Waals surface area contributed by atoms with Gasteiger partial charge in [0, 0.05) is 20.1 Å². The lowest BCUT2D eigenvalue weighted by atomic mass is 9.86. The van der Waals surface area contributed by atoms with E-state index in [1.54, 1.807) is 0 Å². The third-order valence-electron chi connectivity index (χ3n) is 4.96. The first kappa shape index (κ1) is 21.4. The fourth-order valence-electron chi connectivity index (χ4n) is 3.09. The zero-order chi connectivity index (χ0) is 20.2. The Balaban J connectivity index is 1.96. The van der Waals surface area contributed by atoms with Crippen LogP contribution in [0.1, 0.15) is 49.9 Å². The molecule has 27 heavy (non-hydrogen) atoms. The maximum absolute atomic E-state index is 12.3. The Morgan fingerprint density at radius 2 is 1.74 bits per heavy atom. The van der Waals surface area contributed by atoms with Gasteiger partial charge < -0.3 is 10.1 Å². The van der Waals surface area contributed by atoms with Gasteiger partial charge >= 0.3 is 5.97 Å². The SMILES string of the molecule is C[C@@H](OC(=O)c1ccc(S(=O)(=O)N(C)C)cc1)C(=O)N[C@@H]1CCCC[C@@H]1C. The predicted molar refractivity (Wildman–Crippen MR) is 102 cm³/mol. The Labute approximate surface area is 161 Å². The van der Waals surface area contributed by atoms with Crippen molar-refractivity contribution >= 4 is 21.9 Å². The Hall–Kier alpha value is -1.93. The molecule has 0 aliphatic heterocycles. The average molecular weight is 397 g/mol. The molecule has 0 bridgehead atoms. The van der Waals surface area contributed by atoms with Gasteiger partial charge in [-0.15, -0.1) is 0 Å². The molecule has 1 aliphatic carbocycles. The van der Waals surface area contributed by atoms with Crippen LogP contribution in [0.3, 0.4) is 0 Å². The largest absolute Gasteiger partial charge is 0.449 e. The van der Waals surface area contributed by atoms with Crippen LogP contribution in [0.5, 0.6) is 0 Å². The van der Waals surface area contributed by atoms with Crippen molar-refractivity contribution in [2.75, 3.05) is 14.1 Å². The summed E-state index contributed by atoms with van der Waals surface area (Å²) < 4.78 is 30.4. The highest BCUT2D eigenvalue weighted by molar-refractivity contribution is 7.89. The number of hydrogen-bond donors (Lipinski definition) is 1. The number of benzene rings is 1. The molecule has 1 aliphatic rings. The van der Waals surface area contributed by atoms with Crippen LogP contribution in [0.15, 0.2) is 29.2 Å². The van der Waals surface area contributed by atoms with Crippen molar-refractivity contribution in [3.05, 3.63) is 29.8 Å². The van der Waals surface area contributed by atoms with Crippen LogP contribution in [0.4, 0.5) is 0 Å². The number of carbonyl (C=O) groups excluding carboxylic acids is 2. The van der Waals surface area contributed by atoms with E-state index in [1.165, 1.54) is 51.7 Å². The Morgan fingerprint density at radius 3 is 2.30 bits per heavy atom. The van der Waals surface area contributed by atoms with Gasteiger partial charge in [0.2, 0.25) is 10.0 Å². The average Bonchev–Trinajstić information content (AvgIpc) is 2.63. The van der Waals surface area contributed by atoms with Crippen molar-refractivity contribution in [2.45, 2.75) is 56.6 Å². The second-order valence-corrected chi connectivity index (χ2v) is 9.39.